The highest BCUT2D eigenvalue weighted by Crippen LogP contribution is 2.09. The molecule has 0 spiro atoms. The molecule has 0 fully saturated rings. The normalized spacial score (nSPS) is 10.6. The molecule has 17 heavy (non-hydrogen) atoms. The summed E-state index contributed by atoms with van der Waals surface area (Å²) in [5.41, 5.74) is 3.80. The number of phenols is 1. The molecule has 0 unspecified atom stereocenters. The molecule has 0 atom stereocenters. The van der Waals surface area contributed by atoms with E-state index < -0.39 is 0 Å². The molecule has 1 aromatic heterocycles. The molecule has 5 heteroatoms. The maximum absolute atomic E-state index is 11.6. The molecular weight excluding hydrogens is 236 g/mol. The Hall–Kier alpha value is -2.14. The monoisotopic (exact) mass is 246 g/mol. The summed E-state index contributed by atoms with van der Waals surface area (Å²) in [6.45, 7) is 0. The zero-order valence-electron chi connectivity index (χ0n) is 8.83. The second-order valence-electron chi connectivity index (χ2n) is 3.30. The lowest BCUT2D eigenvalue weighted by Crippen LogP contribution is -2.17. The van der Waals surface area contributed by atoms with Crippen LogP contribution in [0.3, 0.4) is 0 Å². The first-order chi connectivity index (χ1) is 8.25. The van der Waals surface area contributed by atoms with Crippen LogP contribution in [-0.2, 0) is 0 Å². The molecule has 0 aliphatic carbocycles. The van der Waals surface area contributed by atoms with Crippen molar-refractivity contribution in [2.75, 3.05) is 0 Å². The fourth-order valence-corrected chi connectivity index (χ4v) is 1.80. The largest absolute Gasteiger partial charge is 0.508 e. The molecule has 0 saturated heterocycles. The zero-order chi connectivity index (χ0) is 12.1. The minimum atomic E-state index is -0.309. The Morgan fingerprint density at radius 2 is 2.06 bits per heavy atom. The van der Waals surface area contributed by atoms with Gasteiger partial charge in [0.15, 0.2) is 0 Å². The Bertz CT molecular complexity index is 518. The van der Waals surface area contributed by atoms with E-state index in [-0.39, 0.29) is 11.7 Å². The van der Waals surface area contributed by atoms with Crippen LogP contribution in [0.4, 0.5) is 0 Å². The third kappa shape index (κ3) is 3.15. The van der Waals surface area contributed by atoms with E-state index >= 15 is 0 Å². The molecular formula is C12H10N2O2S. The van der Waals surface area contributed by atoms with Crippen molar-refractivity contribution in [1.82, 2.24) is 5.43 Å². The predicted molar refractivity (Wildman–Crippen MR) is 67.5 cm³/mol. The first-order valence-electron chi connectivity index (χ1n) is 4.90. The Morgan fingerprint density at radius 1 is 1.29 bits per heavy atom. The van der Waals surface area contributed by atoms with Crippen LogP contribution < -0.4 is 5.43 Å². The van der Waals surface area contributed by atoms with Gasteiger partial charge in [-0.1, -0.05) is 0 Å². The number of hydrogen-bond acceptors (Lipinski definition) is 4. The van der Waals surface area contributed by atoms with Gasteiger partial charge in [-0.3, -0.25) is 4.79 Å². The third-order valence-electron chi connectivity index (χ3n) is 2.05. The highest BCUT2D eigenvalue weighted by molar-refractivity contribution is 7.08. The lowest BCUT2D eigenvalue weighted by atomic mass is 10.2. The Balaban J connectivity index is 1.96. The van der Waals surface area contributed by atoms with Crippen LogP contribution in [0.15, 0.2) is 46.2 Å². The summed E-state index contributed by atoms with van der Waals surface area (Å²) in [5.74, 6) is -0.181. The number of hydrazone groups is 1. The van der Waals surface area contributed by atoms with Crippen molar-refractivity contribution in [3.63, 3.8) is 0 Å². The van der Waals surface area contributed by atoms with Gasteiger partial charge in [0.2, 0.25) is 0 Å². The van der Waals surface area contributed by atoms with Crippen LogP contribution in [-0.4, -0.2) is 17.2 Å². The molecule has 1 amide bonds. The van der Waals surface area contributed by atoms with Crippen molar-refractivity contribution in [1.29, 1.82) is 0 Å². The van der Waals surface area contributed by atoms with Gasteiger partial charge in [0, 0.05) is 11.1 Å². The Morgan fingerprint density at radius 3 is 2.71 bits per heavy atom. The van der Waals surface area contributed by atoms with Crippen LogP contribution in [0.25, 0.3) is 0 Å². The van der Waals surface area contributed by atoms with E-state index in [1.165, 1.54) is 24.3 Å². The number of amides is 1. The predicted octanol–water partition coefficient (Wildman–Crippen LogP) is 2.22. The SMILES string of the molecule is O=C(NN=Cc1ccsc1)c1ccc(O)cc1. The van der Waals surface area contributed by atoms with Gasteiger partial charge in [0.05, 0.1) is 6.21 Å². The second kappa shape index (κ2) is 5.27. The number of benzene rings is 1. The van der Waals surface area contributed by atoms with Crippen LogP contribution in [0, 0.1) is 0 Å². The van der Waals surface area contributed by atoms with Crippen molar-refractivity contribution in [3.05, 3.63) is 52.2 Å². The fourth-order valence-electron chi connectivity index (χ4n) is 1.19. The Kier molecular flexibility index (Phi) is 3.52. The van der Waals surface area contributed by atoms with Gasteiger partial charge in [-0.25, -0.2) is 5.43 Å². The number of hydrogen-bond donors (Lipinski definition) is 2. The number of carbonyl (C=O) groups excluding carboxylic acids is 1. The molecule has 4 nitrogen and oxygen atoms in total. The topological polar surface area (TPSA) is 61.7 Å². The van der Waals surface area contributed by atoms with Crippen molar-refractivity contribution in [2.24, 2.45) is 5.10 Å². The van der Waals surface area contributed by atoms with Crippen LogP contribution in [0.1, 0.15) is 15.9 Å². The van der Waals surface area contributed by atoms with E-state index in [9.17, 15) is 4.79 Å². The van der Waals surface area contributed by atoms with Gasteiger partial charge in [-0.15, -0.1) is 0 Å². The summed E-state index contributed by atoms with van der Waals surface area (Å²) in [7, 11) is 0. The standard InChI is InChI=1S/C12H10N2O2S/c15-11-3-1-10(2-4-11)12(16)14-13-7-9-5-6-17-8-9/h1-8,15H,(H,14,16). The fraction of sp³-hybridized carbons (Fsp3) is 0. The summed E-state index contributed by atoms with van der Waals surface area (Å²) in [5, 5.41) is 16.8. The molecule has 0 bridgehead atoms. The minimum absolute atomic E-state index is 0.128. The first kappa shape index (κ1) is 11.3. The van der Waals surface area contributed by atoms with Gasteiger partial charge in [0.25, 0.3) is 5.91 Å². The first-order valence-corrected chi connectivity index (χ1v) is 5.84. The molecule has 0 saturated carbocycles. The summed E-state index contributed by atoms with van der Waals surface area (Å²) in [6.07, 6.45) is 1.58. The van der Waals surface area contributed by atoms with E-state index in [0.717, 1.165) is 5.56 Å². The number of phenolic OH excluding ortho intramolecular Hbond substituents is 1. The highest BCUT2D eigenvalue weighted by atomic mass is 32.1. The zero-order valence-corrected chi connectivity index (χ0v) is 9.65. The number of nitrogens with one attached hydrogen (secondary N) is 1. The highest BCUT2D eigenvalue weighted by Gasteiger charge is 2.02. The molecule has 1 heterocycles. The van der Waals surface area contributed by atoms with E-state index in [1.807, 2.05) is 16.8 Å². The number of rotatable bonds is 3. The lowest BCUT2D eigenvalue weighted by Gasteiger charge is -1.99. The van der Waals surface area contributed by atoms with Gasteiger partial charge >= 0.3 is 0 Å². The second-order valence-corrected chi connectivity index (χ2v) is 4.08. The van der Waals surface area contributed by atoms with Gasteiger partial charge in [0.1, 0.15) is 5.75 Å². The third-order valence-corrected chi connectivity index (χ3v) is 2.75. The molecule has 86 valence electrons. The number of nitrogens with zero attached hydrogens (tertiary/aromatic N) is 1. The number of carbonyl (C=O) groups is 1. The molecule has 0 aliphatic heterocycles. The maximum atomic E-state index is 11.6. The summed E-state index contributed by atoms with van der Waals surface area (Å²) >= 11 is 1.56. The van der Waals surface area contributed by atoms with Gasteiger partial charge in [-0.2, -0.15) is 16.4 Å². The van der Waals surface area contributed by atoms with Crippen LogP contribution in [0.2, 0.25) is 0 Å². The Labute approximate surface area is 102 Å². The van der Waals surface area contributed by atoms with Crippen molar-refractivity contribution < 1.29 is 9.90 Å². The molecule has 2 rings (SSSR count). The molecule has 0 radical (unpaired) electrons. The minimum Gasteiger partial charge on any atom is -0.508 e. The number of thiophene rings is 1. The van der Waals surface area contributed by atoms with Crippen molar-refractivity contribution in [2.45, 2.75) is 0 Å². The molecule has 2 aromatic rings. The maximum Gasteiger partial charge on any atom is 0.271 e. The quantitative estimate of drug-likeness (QED) is 0.644. The van der Waals surface area contributed by atoms with E-state index in [1.54, 1.807) is 17.6 Å². The summed E-state index contributed by atoms with van der Waals surface area (Å²) in [4.78, 5) is 11.6. The average Bonchev–Trinajstić information content (AvgIpc) is 2.83. The van der Waals surface area contributed by atoms with Crippen molar-refractivity contribution >= 4 is 23.5 Å². The van der Waals surface area contributed by atoms with Crippen LogP contribution >= 0.6 is 11.3 Å². The van der Waals surface area contributed by atoms with Crippen molar-refractivity contribution in [3.8, 4) is 5.75 Å². The average molecular weight is 246 g/mol. The molecule has 0 aliphatic rings. The molecule has 1 aromatic carbocycles. The van der Waals surface area contributed by atoms with E-state index in [2.05, 4.69) is 10.5 Å². The number of aromatic hydroxyl groups is 1. The van der Waals surface area contributed by atoms with E-state index in [0.29, 0.717) is 5.56 Å². The van der Waals surface area contributed by atoms with Gasteiger partial charge < -0.3 is 5.11 Å². The van der Waals surface area contributed by atoms with E-state index in [4.69, 9.17) is 5.11 Å². The summed E-state index contributed by atoms with van der Waals surface area (Å²) in [6, 6.07) is 7.88. The van der Waals surface area contributed by atoms with Gasteiger partial charge in [-0.05, 0) is 41.1 Å². The lowest BCUT2D eigenvalue weighted by molar-refractivity contribution is 0.0955. The molecule has 2 N–H and O–H groups in total. The summed E-state index contributed by atoms with van der Waals surface area (Å²) < 4.78 is 0. The smallest absolute Gasteiger partial charge is 0.271 e. The van der Waals surface area contributed by atoms with Crippen LogP contribution in [0.5, 0.6) is 5.75 Å².